The van der Waals surface area contributed by atoms with Gasteiger partial charge in [-0.05, 0) is 12.1 Å². The van der Waals surface area contributed by atoms with Crippen molar-refractivity contribution >= 4 is 5.91 Å². The minimum absolute atomic E-state index is 0.235. The molecule has 0 atom stereocenters. The number of nitrogens with one attached hydrogen (secondary N) is 1. The van der Waals surface area contributed by atoms with Crippen molar-refractivity contribution in [1.29, 1.82) is 0 Å². The molecule has 0 saturated heterocycles. The van der Waals surface area contributed by atoms with Crippen molar-refractivity contribution in [1.82, 2.24) is 15.5 Å². The van der Waals surface area contributed by atoms with Gasteiger partial charge in [-0.3, -0.25) is 4.79 Å². The standard InChI is InChI=1S/C6H6N3O/c1-7-6(10)5-3-2-4-8-9-5/h2-3H,1H3,(H,7,10). The lowest BCUT2D eigenvalue weighted by atomic mass is 10.4. The summed E-state index contributed by atoms with van der Waals surface area (Å²) in [7, 11) is 1.54. The molecule has 0 fully saturated rings. The normalized spacial score (nSPS) is 8.90. The van der Waals surface area contributed by atoms with Gasteiger partial charge >= 0.3 is 0 Å². The van der Waals surface area contributed by atoms with E-state index in [0.717, 1.165) is 0 Å². The van der Waals surface area contributed by atoms with Crippen molar-refractivity contribution in [2.24, 2.45) is 0 Å². The van der Waals surface area contributed by atoms with E-state index < -0.39 is 0 Å². The topological polar surface area (TPSA) is 54.9 Å². The highest BCUT2D eigenvalue weighted by Crippen LogP contribution is 1.87. The quantitative estimate of drug-likeness (QED) is 0.573. The van der Waals surface area contributed by atoms with Crippen LogP contribution in [-0.2, 0) is 0 Å². The van der Waals surface area contributed by atoms with E-state index >= 15 is 0 Å². The first-order valence-corrected chi connectivity index (χ1v) is 2.76. The third kappa shape index (κ3) is 1.28. The zero-order chi connectivity index (χ0) is 7.40. The van der Waals surface area contributed by atoms with Gasteiger partial charge in [-0.15, -0.1) is 10.2 Å². The van der Waals surface area contributed by atoms with E-state index in [-0.39, 0.29) is 5.91 Å². The summed E-state index contributed by atoms with van der Waals surface area (Å²) < 4.78 is 0. The Morgan fingerprint density at radius 1 is 1.80 bits per heavy atom. The SMILES string of the molecule is CNC(=O)c1cc[c]nn1. The molecule has 1 amide bonds. The predicted octanol–water partition coefficient (Wildman–Crippen LogP) is -0.364. The Morgan fingerprint density at radius 3 is 3.10 bits per heavy atom. The molecule has 1 heterocycles. The Bertz CT molecular complexity index is 222. The lowest BCUT2D eigenvalue weighted by Crippen LogP contribution is -2.19. The lowest BCUT2D eigenvalue weighted by Gasteiger charge is -1.93. The number of nitrogens with zero attached hydrogens (tertiary/aromatic N) is 2. The van der Waals surface area contributed by atoms with Crippen molar-refractivity contribution < 1.29 is 4.79 Å². The highest BCUT2D eigenvalue weighted by molar-refractivity contribution is 5.91. The summed E-state index contributed by atoms with van der Waals surface area (Å²) in [5, 5.41) is 9.38. The van der Waals surface area contributed by atoms with Crippen LogP contribution < -0.4 is 5.32 Å². The number of amides is 1. The molecule has 1 N–H and O–H groups in total. The first-order chi connectivity index (χ1) is 4.84. The van der Waals surface area contributed by atoms with Crippen LogP contribution in [0.1, 0.15) is 10.5 Å². The summed E-state index contributed by atoms with van der Waals surface area (Å²) in [4.78, 5) is 10.8. The van der Waals surface area contributed by atoms with E-state index in [1.165, 1.54) is 6.07 Å². The smallest absolute Gasteiger partial charge is 0.271 e. The molecule has 4 nitrogen and oxygen atoms in total. The maximum absolute atomic E-state index is 10.8. The second-order valence-corrected chi connectivity index (χ2v) is 1.63. The molecule has 51 valence electrons. The fraction of sp³-hybridized carbons (Fsp3) is 0.167. The molecule has 0 saturated carbocycles. The number of aromatic nitrogens is 2. The Labute approximate surface area is 58.3 Å². The predicted molar refractivity (Wildman–Crippen MR) is 34.3 cm³/mol. The van der Waals surface area contributed by atoms with Crippen LogP contribution in [0.4, 0.5) is 0 Å². The number of carbonyl (C=O) groups is 1. The summed E-state index contributed by atoms with van der Waals surface area (Å²) in [6.07, 6.45) is 2.47. The minimum Gasteiger partial charge on any atom is -0.354 e. The summed E-state index contributed by atoms with van der Waals surface area (Å²) in [5.41, 5.74) is 0.307. The van der Waals surface area contributed by atoms with Gasteiger partial charge in [-0.25, -0.2) is 0 Å². The van der Waals surface area contributed by atoms with Gasteiger partial charge in [0.2, 0.25) is 0 Å². The first kappa shape index (κ1) is 6.67. The first-order valence-electron chi connectivity index (χ1n) is 2.76. The molecule has 10 heavy (non-hydrogen) atoms. The molecule has 0 aliphatic carbocycles. The second-order valence-electron chi connectivity index (χ2n) is 1.63. The Morgan fingerprint density at radius 2 is 2.60 bits per heavy atom. The molecule has 0 aliphatic heterocycles. The number of hydrogen-bond acceptors (Lipinski definition) is 3. The van der Waals surface area contributed by atoms with E-state index in [9.17, 15) is 4.79 Å². The third-order valence-electron chi connectivity index (χ3n) is 0.991. The lowest BCUT2D eigenvalue weighted by molar-refractivity contribution is 0.0957. The molecule has 1 aromatic rings. The largest absolute Gasteiger partial charge is 0.354 e. The molecule has 1 radical (unpaired) electrons. The number of hydrogen-bond donors (Lipinski definition) is 1. The average Bonchev–Trinajstić information content (AvgIpc) is 2.05. The number of carbonyl (C=O) groups excluding carboxylic acids is 1. The fourth-order valence-corrected chi connectivity index (χ4v) is 0.515. The Kier molecular flexibility index (Phi) is 1.94. The van der Waals surface area contributed by atoms with Gasteiger partial charge in [-0.1, -0.05) is 0 Å². The van der Waals surface area contributed by atoms with Gasteiger partial charge in [0.25, 0.3) is 5.91 Å². The highest BCUT2D eigenvalue weighted by Gasteiger charge is 2.01. The van der Waals surface area contributed by atoms with Crippen LogP contribution >= 0.6 is 0 Å². The van der Waals surface area contributed by atoms with Crippen LogP contribution in [0.2, 0.25) is 0 Å². The summed E-state index contributed by atoms with van der Waals surface area (Å²) >= 11 is 0. The van der Waals surface area contributed by atoms with Gasteiger partial charge in [0.15, 0.2) is 5.69 Å². The molecule has 1 rings (SSSR count). The second kappa shape index (κ2) is 2.91. The van der Waals surface area contributed by atoms with Gasteiger partial charge in [0.05, 0.1) is 0 Å². The summed E-state index contributed by atoms with van der Waals surface area (Å²) in [6.45, 7) is 0. The Balaban J connectivity index is 2.85. The maximum atomic E-state index is 10.8. The molecule has 0 unspecified atom stereocenters. The maximum Gasteiger partial charge on any atom is 0.271 e. The highest BCUT2D eigenvalue weighted by atomic mass is 16.1. The third-order valence-corrected chi connectivity index (χ3v) is 0.991. The van der Waals surface area contributed by atoms with E-state index in [1.807, 2.05) is 0 Å². The molecular weight excluding hydrogens is 130 g/mol. The zero-order valence-corrected chi connectivity index (χ0v) is 5.46. The molecular formula is C6H6N3O. The van der Waals surface area contributed by atoms with E-state index in [2.05, 4.69) is 21.7 Å². The van der Waals surface area contributed by atoms with Crippen molar-refractivity contribution in [3.8, 4) is 0 Å². The Hall–Kier alpha value is -1.45. The van der Waals surface area contributed by atoms with Gasteiger partial charge in [0, 0.05) is 7.05 Å². The minimum atomic E-state index is -0.235. The van der Waals surface area contributed by atoms with Gasteiger partial charge in [0.1, 0.15) is 6.20 Å². The molecule has 4 heteroatoms. The molecule has 1 aromatic heterocycles. The molecule has 0 spiro atoms. The van der Waals surface area contributed by atoms with Gasteiger partial charge in [-0.2, -0.15) is 0 Å². The van der Waals surface area contributed by atoms with E-state index in [0.29, 0.717) is 5.69 Å². The van der Waals surface area contributed by atoms with Crippen LogP contribution in [0.15, 0.2) is 12.1 Å². The van der Waals surface area contributed by atoms with E-state index in [1.54, 1.807) is 13.1 Å². The summed E-state index contributed by atoms with van der Waals surface area (Å²) in [6, 6.07) is 3.09. The zero-order valence-electron chi connectivity index (χ0n) is 5.46. The average molecular weight is 136 g/mol. The van der Waals surface area contributed by atoms with Crippen molar-refractivity contribution in [3.05, 3.63) is 24.0 Å². The monoisotopic (exact) mass is 136 g/mol. The molecule has 0 bridgehead atoms. The van der Waals surface area contributed by atoms with Crippen LogP contribution in [0.25, 0.3) is 0 Å². The van der Waals surface area contributed by atoms with Crippen LogP contribution in [0, 0.1) is 6.20 Å². The van der Waals surface area contributed by atoms with Crippen LogP contribution in [0.5, 0.6) is 0 Å². The summed E-state index contributed by atoms with van der Waals surface area (Å²) in [5.74, 6) is -0.235. The van der Waals surface area contributed by atoms with Crippen molar-refractivity contribution in [3.63, 3.8) is 0 Å². The molecule has 0 aromatic carbocycles. The van der Waals surface area contributed by atoms with Crippen molar-refractivity contribution in [2.45, 2.75) is 0 Å². The van der Waals surface area contributed by atoms with E-state index in [4.69, 9.17) is 0 Å². The van der Waals surface area contributed by atoms with Gasteiger partial charge < -0.3 is 5.32 Å². The molecule has 0 aliphatic rings. The fourth-order valence-electron chi connectivity index (χ4n) is 0.515. The van der Waals surface area contributed by atoms with Crippen molar-refractivity contribution in [2.75, 3.05) is 7.05 Å². The number of rotatable bonds is 1. The van der Waals surface area contributed by atoms with Crippen LogP contribution in [-0.4, -0.2) is 23.2 Å². The van der Waals surface area contributed by atoms with Crippen LogP contribution in [0.3, 0.4) is 0 Å².